The van der Waals surface area contributed by atoms with Crippen LogP contribution in [-0.4, -0.2) is 17.1 Å². The molecule has 3 heteroatoms. The fourth-order valence-electron chi connectivity index (χ4n) is 0.960. The summed E-state index contributed by atoms with van der Waals surface area (Å²) in [6.07, 6.45) is 0. The second-order valence-electron chi connectivity index (χ2n) is 4.01. The van der Waals surface area contributed by atoms with E-state index < -0.39 is 0 Å². The number of aryl methyl sites for hydroxylation is 1. The van der Waals surface area contributed by atoms with Crippen molar-refractivity contribution < 1.29 is 0 Å². The highest BCUT2D eigenvalue weighted by molar-refractivity contribution is 5.35. The molecule has 0 saturated carbocycles. The van der Waals surface area contributed by atoms with Gasteiger partial charge in [0.15, 0.2) is 0 Å². The van der Waals surface area contributed by atoms with Crippen molar-refractivity contribution in [1.29, 1.82) is 0 Å². The second-order valence-corrected chi connectivity index (χ2v) is 4.01. The third-order valence-corrected chi connectivity index (χ3v) is 1.61. The minimum absolute atomic E-state index is 0.203. The highest BCUT2D eigenvalue weighted by Gasteiger charge is 2.09. The van der Waals surface area contributed by atoms with Gasteiger partial charge in [-0.25, -0.2) is 4.98 Å². The van der Waals surface area contributed by atoms with Crippen molar-refractivity contribution in [2.45, 2.75) is 26.3 Å². The molecule has 3 nitrogen and oxygen atoms in total. The van der Waals surface area contributed by atoms with Gasteiger partial charge in [-0.05, 0) is 32.9 Å². The molecule has 3 N–H and O–H groups in total. The van der Waals surface area contributed by atoms with Crippen LogP contribution >= 0.6 is 0 Å². The van der Waals surface area contributed by atoms with Gasteiger partial charge in [-0.3, -0.25) is 0 Å². The zero-order valence-electron chi connectivity index (χ0n) is 8.46. The van der Waals surface area contributed by atoms with Crippen LogP contribution in [0, 0.1) is 6.92 Å². The molecule has 0 aromatic carbocycles. The molecule has 0 atom stereocenters. The van der Waals surface area contributed by atoms with Gasteiger partial charge in [0.05, 0.1) is 0 Å². The van der Waals surface area contributed by atoms with E-state index in [1.807, 2.05) is 39.0 Å². The van der Waals surface area contributed by atoms with E-state index >= 15 is 0 Å². The third-order valence-electron chi connectivity index (χ3n) is 1.61. The molecule has 0 aliphatic heterocycles. The van der Waals surface area contributed by atoms with E-state index in [0.29, 0.717) is 0 Å². The highest BCUT2D eigenvalue weighted by Crippen LogP contribution is 2.05. The van der Waals surface area contributed by atoms with Crippen LogP contribution in [-0.2, 0) is 0 Å². The number of nitrogens with zero attached hydrogens (tertiary/aromatic N) is 1. The SMILES string of the molecule is Cc1cccc(NCC(C)(C)N)n1. The first-order valence-corrected chi connectivity index (χ1v) is 4.44. The predicted octanol–water partition coefficient (Wildman–Crippen LogP) is 1.54. The van der Waals surface area contributed by atoms with Crippen molar-refractivity contribution in [3.05, 3.63) is 23.9 Å². The zero-order chi connectivity index (χ0) is 9.90. The average molecular weight is 179 g/mol. The lowest BCUT2D eigenvalue weighted by Crippen LogP contribution is -2.39. The summed E-state index contributed by atoms with van der Waals surface area (Å²) in [6.45, 7) is 6.66. The Kier molecular flexibility index (Phi) is 2.88. The van der Waals surface area contributed by atoms with Crippen LogP contribution in [0.5, 0.6) is 0 Å². The standard InChI is InChI=1S/C10H17N3/c1-8-5-4-6-9(13-8)12-7-10(2,3)11/h4-6H,7,11H2,1-3H3,(H,12,13). The molecule has 0 spiro atoms. The molecule has 0 fully saturated rings. The predicted molar refractivity (Wildman–Crippen MR) is 55.7 cm³/mol. The maximum Gasteiger partial charge on any atom is 0.126 e. The first-order chi connectivity index (χ1) is 5.97. The van der Waals surface area contributed by atoms with E-state index in [4.69, 9.17) is 5.73 Å². The van der Waals surface area contributed by atoms with Crippen LogP contribution in [0.3, 0.4) is 0 Å². The Hall–Kier alpha value is -1.09. The number of hydrogen-bond acceptors (Lipinski definition) is 3. The van der Waals surface area contributed by atoms with E-state index in [0.717, 1.165) is 18.1 Å². The average Bonchev–Trinajstić information content (AvgIpc) is 2.00. The van der Waals surface area contributed by atoms with Gasteiger partial charge in [-0.2, -0.15) is 0 Å². The quantitative estimate of drug-likeness (QED) is 0.740. The maximum absolute atomic E-state index is 5.83. The summed E-state index contributed by atoms with van der Waals surface area (Å²) in [4.78, 5) is 4.31. The minimum atomic E-state index is -0.203. The first-order valence-electron chi connectivity index (χ1n) is 4.44. The summed E-state index contributed by atoms with van der Waals surface area (Å²) in [7, 11) is 0. The number of pyridine rings is 1. The molecule has 13 heavy (non-hydrogen) atoms. The summed E-state index contributed by atoms with van der Waals surface area (Å²) in [5, 5.41) is 3.19. The molecule has 0 saturated heterocycles. The molecule has 1 aromatic rings. The third kappa shape index (κ3) is 3.90. The summed E-state index contributed by atoms with van der Waals surface area (Å²) in [6, 6.07) is 5.89. The van der Waals surface area contributed by atoms with E-state index in [9.17, 15) is 0 Å². The molecule has 0 bridgehead atoms. The lowest BCUT2D eigenvalue weighted by atomic mass is 10.1. The molecular formula is C10H17N3. The molecular weight excluding hydrogens is 162 g/mol. The molecule has 1 rings (SSSR count). The summed E-state index contributed by atoms with van der Waals surface area (Å²) in [5.74, 6) is 0.888. The lowest BCUT2D eigenvalue weighted by Gasteiger charge is -2.19. The maximum atomic E-state index is 5.83. The Morgan fingerprint density at radius 2 is 2.15 bits per heavy atom. The van der Waals surface area contributed by atoms with Crippen LogP contribution in [0.1, 0.15) is 19.5 Å². The zero-order valence-corrected chi connectivity index (χ0v) is 8.46. The Balaban J connectivity index is 2.55. The van der Waals surface area contributed by atoms with Crippen molar-refractivity contribution in [2.75, 3.05) is 11.9 Å². The lowest BCUT2D eigenvalue weighted by molar-refractivity contribution is 0.548. The highest BCUT2D eigenvalue weighted by atomic mass is 15.0. The number of anilines is 1. The van der Waals surface area contributed by atoms with Gasteiger partial charge in [0, 0.05) is 17.8 Å². The molecule has 0 unspecified atom stereocenters. The molecule has 0 aliphatic carbocycles. The second kappa shape index (κ2) is 3.75. The number of nitrogens with one attached hydrogen (secondary N) is 1. The number of aromatic nitrogens is 1. The molecule has 0 amide bonds. The minimum Gasteiger partial charge on any atom is -0.368 e. The number of nitrogens with two attached hydrogens (primary N) is 1. The van der Waals surface area contributed by atoms with Crippen molar-refractivity contribution >= 4 is 5.82 Å². The Morgan fingerprint density at radius 1 is 1.46 bits per heavy atom. The normalized spacial score (nSPS) is 11.4. The Labute approximate surface area is 79.4 Å². The monoisotopic (exact) mass is 179 g/mol. The molecule has 0 radical (unpaired) electrons. The van der Waals surface area contributed by atoms with Crippen LogP contribution in [0.25, 0.3) is 0 Å². The van der Waals surface area contributed by atoms with Gasteiger partial charge in [0.2, 0.25) is 0 Å². The molecule has 1 heterocycles. The smallest absolute Gasteiger partial charge is 0.126 e. The van der Waals surface area contributed by atoms with Gasteiger partial charge in [-0.15, -0.1) is 0 Å². The van der Waals surface area contributed by atoms with E-state index in [1.165, 1.54) is 0 Å². The van der Waals surface area contributed by atoms with Gasteiger partial charge in [0.25, 0.3) is 0 Å². The van der Waals surface area contributed by atoms with Crippen molar-refractivity contribution in [1.82, 2.24) is 4.98 Å². The first kappa shape index (κ1) is 9.99. The van der Waals surface area contributed by atoms with Gasteiger partial charge in [-0.1, -0.05) is 6.07 Å². The van der Waals surface area contributed by atoms with Crippen LogP contribution in [0.4, 0.5) is 5.82 Å². The van der Waals surface area contributed by atoms with Crippen LogP contribution in [0.15, 0.2) is 18.2 Å². The topological polar surface area (TPSA) is 50.9 Å². The summed E-state index contributed by atoms with van der Waals surface area (Å²) in [5.41, 5.74) is 6.64. The fraction of sp³-hybridized carbons (Fsp3) is 0.500. The van der Waals surface area contributed by atoms with Gasteiger partial charge in [0.1, 0.15) is 5.82 Å². The molecule has 1 aromatic heterocycles. The molecule has 72 valence electrons. The van der Waals surface area contributed by atoms with E-state index in [1.54, 1.807) is 0 Å². The Morgan fingerprint density at radius 3 is 2.69 bits per heavy atom. The van der Waals surface area contributed by atoms with Gasteiger partial charge >= 0.3 is 0 Å². The largest absolute Gasteiger partial charge is 0.368 e. The van der Waals surface area contributed by atoms with Crippen molar-refractivity contribution in [2.24, 2.45) is 5.73 Å². The summed E-state index contributed by atoms with van der Waals surface area (Å²) >= 11 is 0. The van der Waals surface area contributed by atoms with E-state index in [-0.39, 0.29) is 5.54 Å². The molecule has 0 aliphatic rings. The van der Waals surface area contributed by atoms with Crippen LogP contribution < -0.4 is 11.1 Å². The number of rotatable bonds is 3. The summed E-state index contributed by atoms with van der Waals surface area (Å²) < 4.78 is 0. The van der Waals surface area contributed by atoms with Gasteiger partial charge < -0.3 is 11.1 Å². The number of hydrogen-bond donors (Lipinski definition) is 2. The van der Waals surface area contributed by atoms with Crippen molar-refractivity contribution in [3.63, 3.8) is 0 Å². The Bertz CT molecular complexity index is 276. The van der Waals surface area contributed by atoms with Crippen molar-refractivity contribution in [3.8, 4) is 0 Å². The van der Waals surface area contributed by atoms with E-state index in [2.05, 4.69) is 10.3 Å². The fourth-order valence-corrected chi connectivity index (χ4v) is 0.960. The van der Waals surface area contributed by atoms with Crippen LogP contribution in [0.2, 0.25) is 0 Å².